The van der Waals surface area contributed by atoms with Crippen LogP contribution < -0.4 is 19.1 Å². The van der Waals surface area contributed by atoms with Crippen LogP contribution in [0.2, 0.25) is 5.02 Å². The molecule has 59 heavy (non-hydrogen) atoms. The predicted molar refractivity (Wildman–Crippen MR) is 230 cm³/mol. The molecule has 6 atom stereocenters. The van der Waals surface area contributed by atoms with E-state index < -0.39 is 21.7 Å². The van der Waals surface area contributed by atoms with Crippen LogP contribution in [-0.4, -0.2) is 121 Å². The van der Waals surface area contributed by atoms with Crippen molar-refractivity contribution >= 4 is 39.0 Å². The van der Waals surface area contributed by atoms with Gasteiger partial charge in [-0.05, 0) is 112 Å². The molecule has 318 valence electrons. The summed E-state index contributed by atoms with van der Waals surface area (Å²) < 4.78 is 42.1. The Kier molecular flexibility index (Phi) is 12.2. The van der Waals surface area contributed by atoms with Gasteiger partial charge in [-0.2, -0.15) is 0 Å². The lowest BCUT2D eigenvalue weighted by molar-refractivity contribution is -0.0337. The molecule has 15 heteroatoms. The quantitative estimate of drug-likeness (QED) is 0.280. The zero-order chi connectivity index (χ0) is 41.5. The molecule has 3 aliphatic heterocycles. The minimum absolute atomic E-state index is 0.0386. The molecule has 1 unspecified atom stereocenters. The summed E-state index contributed by atoms with van der Waals surface area (Å²) in [6, 6.07) is 12.2. The smallest absolute Gasteiger partial charge is 0.286 e. The van der Waals surface area contributed by atoms with E-state index >= 15 is 0 Å². The Morgan fingerprint density at radius 2 is 1.98 bits per heavy atom. The van der Waals surface area contributed by atoms with Crippen LogP contribution in [0, 0.1) is 17.8 Å². The Labute approximate surface area is 353 Å². The molecule has 8 rings (SSSR count). The number of carbonyl (C=O) groups excluding carboxylic acids is 2. The van der Waals surface area contributed by atoms with E-state index in [9.17, 15) is 13.8 Å². The van der Waals surface area contributed by atoms with E-state index in [0.29, 0.717) is 49.8 Å². The highest BCUT2D eigenvalue weighted by Gasteiger charge is 2.45. The van der Waals surface area contributed by atoms with Crippen LogP contribution in [0.3, 0.4) is 0 Å². The third-order valence-electron chi connectivity index (χ3n) is 13.1. The van der Waals surface area contributed by atoms with Gasteiger partial charge in [0, 0.05) is 68.0 Å². The number of hydrogen-bond acceptors (Lipinski definition) is 10. The molecular formula is C44H58ClN7O6S. The lowest BCUT2D eigenvalue weighted by Gasteiger charge is -2.46. The van der Waals surface area contributed by atoms with Gasteiger partial charge in [-0.15, -0.1) is 9.46 Å². The lowest BCUT2D eigenvalue weighted by Crippen LogP contribution is -2.58. The first-order chi connectivity index (χ1) is 28.3. The number of carbonyl (C=O) groups is 2. The molecular weight excluding hydrogens is 790 g/mol. The van der Waals surface area contributed by atoms with E-state index in [4.69, 9.17) is 25.8 Å². The summed E-state index contributed by atoms with van der Waals surface area (Å²) in [6.07, 6.45) is 11.4. The molecule has 1 saturated heterocycles. The standard InChI is InChI=1S/C44H58ClN7O6S/c1-29-8-6-10-39(57-19-18-51-23-34(24-51)49(2)3)35-14-11-32(35)22-52-27-44(17-7-9-30-20-33(45)13-15-37(30)44)28-58-40-16-12-31(21-38(40)52)41(53)47-59(55,26-29)48-42(54)36-25-50(4)46-43(36)56-5/h6,10,12-13,15-16,20-21,25,29,32,34-35,39H,7-9,11,14,17-19,22-24,26-28H2,1-5H3,(H,47,48,53,54,55)/b10-6-/t29-,32-,35+,39-,44-,59?/m0/s1. The number of nitrogens with one attached hydrogen (secondary N) is 1. The van der Waals surface area contributed by atoms with Crippen molar-refractivity contribution in [3.63, 3.8) is 0 Å². The van der Waals surface area contributed by atoms with Crippen molar-refractivity contribution in [2.45, 2.75) is 63.0 Å². The van der Waals surface area contributed by atoms with Crippen molar-refractivity contribution in [1.82, 2.24) is 24.3 Å². The Bertz CT molecular complexity index is 2210. The number of benzene rings is 2. The SMILES string of the molecule is COc1nn(C)cc1C(=O)NS1(=O)=NC(=O)c2ccc3c(c2)N(C[C@@H]2CC[C@H]2[C@@H](OCCN2CC(N(C)C)C2)/C=C\C[C@H](C)C1)C[C@@]1(CCCc2cc(Cl)ccc21)CO3. The van der Waals surface area contributed by atoms with E-state index in [1.165, 1.54) is 29.1 Å². The number of allylic oxidation sites excluding steroid dienone is 1. The van der Waals surface area contributed by atoms with Gasteiger partial charge in [-0.1, -0.05) is 36.7 Å². The second-order valence-electron chi connectivity index (χ2n) is 17.6. The van der Waals surface area contributed by atoms with Crippen LogP contribution >= 0.6 is 11.6 Å². The molecule has 2 fully saturated rings. The summed E-state index contributed by atoms with van der Waals surface area (Å²) in [5.41, 5.74) is 3.43. The largest absolute Gasteiger partial charge is 0.490 e. The first-order valence-electron chi connectivity index (χ1n) is 21.0. The second kappa shape index (κ2) is 17.2. The third kappa shape index (κ3) is 8.93. The Hall–Kier alpha value is -3.95. The predicted octanol–water partition coefficient (Wildman–Crippen LogP) is 5.76. The number of aromatic nitrogens is 2. The molecule has 13 nitrogen and oxygen atoms in total. The van der Waals surface area contributed by atoms with Crippen molar-refractivity contribution < 1.29 is 28.0 Å². The fourth-order valence-corrected chi connectivity index (χ4v) is 11.7. The number of amides is 2. The number of nitrogens with zero attached hydrogens (tertiary/aromatic N) is 6. The number of likely N-dealkylation sites (N-methyl/N-ethyl adjacent to an activating group) is 1. The fraction of sp³-hybridized carbons (Fsp3) is 0.568. The second-order valence-corrected chi connectivity index (χ2v) is 20.1. The molecule has 4 heterocycles. The lowest BCUT2D eigenvalue weighted by atomic mass is 9.68. The Balaban J connectivity index is 1.15. The number of fused-ring (bicyclic) bond motifs is 4. The molecule has 2 aromatic carbocycles. The monoisotopic (exact) mass is 847 g/mol. The van der Waals surface area contributed by atoms with Crippen LogP contribution in [-0.2, 0) is 33.5 Å². The molecule has 5 aliphatic rings. The number of likely N-dealkylation sites (tertiary alicyclic amines) is 1. The van der Waals surface area contributed by atoms with Gasteiger partial charge < -0.3 is 24.0 Å². The third-order valence-corrected chi connectivity index (χ3v) is 15.3. The summed E-state index contributed by atoms with van der Waals surface area (Å²) in [4.78, 5) is 35.0. The molecule has 1 aromatic heterocycles. The first kappa shape index (κ1) is 41.8. The molecule has 2 bridgehead atoms. The van der Waals surface area contributed by atoms with Crippen LogP contribution in [0.4, 0.5) is 5.69 Å². The van der Waals surface area contributed by atoms with Crippen LogP contribution in [0.1, 0.15) is 70.9 Å². The number of aryl methyl sites for hydroxylation is 2. The summed E-state index contributed by atoms with van der Waals surface area (Å²) in [6.45, 7) is 7.54. The van der Waals surface area contributed by atoms with Crippen molar-refractivity contribution in [3.8, 4) is 11.6 Å². The number of halogens is 1. The maximum Gasteiger partial charge on any atom is 0.286 e. The van der Waals surface area contributed by atoms with Crippen molar-refractivity contribution in [1.29, 1.82) is 0 Å². The van der Waals surface area contributed by atoms with E-state index in [-0.39, 0.29) is 40.2 Å². The molecule has 1 N–H and O–H groups in total. The van der Waals surface area contributed by atoms with E-state index in [0.717, 1.165) is 69.0 Å². The highest BCUT2D eigenvalue weighted by Crippen LogP contribution is 2.47. The number of ether oxygens (including phenoxy) is 3. The molecule has 1 spiro atoms. The first-order valence-corrected chi connectivity index (χ1v) is 23.0. The van der Waals surface area contributed by atoms with Crippen LogP contribution in [0.5, 0.6) is 11.6 Å². The highest BCUT2D eigenvalue weighted by atomic mass is 35.5. The van der Waals surface area contributed by atoms with Gasteiger partial charge in [0.25, 0.3) is 11.8 Å². The molecule has 2 amide bonds. The topological polar surface area (TPSA) is 131 Å². The minimum Gasteiger partial charge on any atom is -0.490 e. The van der Waals surface area contributed by atoms with Crippen molar-refractivity contribution in [2.24, 2.45) is 29.2 Å². The summed E-state index contributed by atoms with van der Waals surface area (Å²) in [5.74, 6) is -0.140. The van der Waals surface area contributed by atoms with Crippen LogP contribution in [0.15, 0.2) is 59.1 Å². The van der Waals surface area contributed by atoms with Gasteiger partial charge in [0.1, 0.15) is 21.2 Å². The summed E-state index contributed by atoms with van der Waals surface area (Å²) >= 11 is 6.52. The summed E-state index contributed by atoms with van der Waals surface area (Å²) in [7, 11) is 3.72. The highest BCUT2D eigenvalue weighted by molar-refractivity contribution is 7.92. The van der Waals surface area contributed by atoms with E-state index in [1.807, 2.05) is 25.1 Å². The van der Waals surface area contributed by atoms with Crippen LogP contribution in [0.25, 0.3) is 0 Å². The zero-order valence-corrected chi connectivity index (χ0v) is 36.5. The van der Waals surface area contributed by atoms with Gasteiger partial charge in [0.2, 0.25) is 5.88 Å². The van der Waals surface area contributed by atoms with Gasteiger partial charge >= 0.3 is 0 Å². The Morgan fingerprint density at radius 1 is 1.15 bits per heavy atom. The molecule has 2 aliphatic carbocycles. The maximum atomic E-state index is 14.8. The molecule has 3 aromatic rings. The number of anilines is 1. The average Bonchev–Trinajstić information content (AvgIpc) is 3.48. The minimum atomic E-state index is -3.63. The Morgan fingerprint density at radius 3 is 2.75 bits per heavy atom. The number of hydrogen-bond donors (Lipinski definition) is 1. The van der Waals surface area contributed by atoms with Gasteiger partial charge in [0.05, 0.1) is 37.9 Å². The van der Waals surface area contributed by atoms with Crippen molar-refractivity contribution in [3.05, 3.63) is 82.0 Å². The average molecular weight is 849 g/mol. The fourth-order valence-electron chi connectivity index (χ4n) is 9.64. The van der Waals surface area contributed by atoms with Gasteiger partial charge in [-0.25, -0.2) is 4.21 Å². The molecule has 0 radical (unpaired) electrons. The van der Waals surface area contributed by atoms with Crippen molar-refractivity contribution in [2.75, 3.05) is 77.8 Å². The zero-order valence-electron chi connectivity index (χ0n) is 34.9. The summed E-state index contributed by atoms with van der Waals surface area (Å²) in [5, 5.41) is 4.92. The van der Waals surface area contributed by atoms with Gasteiger partial charge in [0.15, 0.2) is 0 Å². The van der Waals surface area contributed by atoms with Gasteiger partial charge in [-0.3, -0.25) is 23.9 Å². The molecule has 1 saturated carbocycles. The normalized spacial score (nSPS) is 29.3. The van der Waals surface area contributed by atoms with E-state index in [1.54, 1.807) is 13.1 Å². The maximum absolute atomic E-state index is 14.8. The number of methoxy groups -OCH3 is 1. The number of rotatable bonds is 8. The van der Waals surface area contributed by atoms with E-state index in [2.05, 4.69) is 67.3 Å².